The summed E-state index contributed by atoms with van der Waals surface area (Å²) in [7, 11) is -3.45. The molecule has 1 atom stereocenters. The molecule has 0 saturated carbocycles. The lowest BCUT2D eigenvalue weighted by atomic mass is 10.1. The van der Waals surface area contributed by atoms with Crippen molar-refractivity contribution in [2.75, 3.05) is 28.8 Å². The summed E-state index contributed by atoms with van der Waals surface area (Å²) in [5, 5.41) is -0.452. The molecule has 5 rings (SSSR count). The Morgan fingerprint density at radius 3 is 2.68 bits per heavy atom. The quantitative estimate of drug-likeness (QED) is 0.626. The van der Waals surface area contributed by atoms with Gasteiger partial charge in [0.2, 0.25) is 10.0 Å². The molecule has 3 aromatic rings. The van der Waals surface area contributed by atoms with Gasteiger partial charge in [-0.1, -0.05) is 18.2 Å². The number of fused-ring (bicyclic) bond motifs is 1. The molecule has 2 aliphatic rings. The lowest BCUT2D eigenvalue weighted by Crippen LogP contribution is -2.48. The van der Waals surface area contributed by atoms with Crippen molar-refractivity contribution < 1.29 is 8.42 Å². The van der Waals surface area contributed by atoms with Crippen LogP contribution in [0.15, 0.2) is 54.9 Å². The van der Waals surface area contributed by atoms with Crippen LogP contribution in [0.1, 0.15) is 24.1 Å². The Bertz CT molecular complexity index is 1200. The van der Waals surface area contributed by atoms with Crippen LogP contribution in [0.2, 0.25) is 0 Å². The average Bonchev–Trinajstić information content (AvgIpc) is 3.24. The fourth-order valence-corrected chi connectivity index (χ4v) is 6.48. The Balaban J connectivity index is 1.42. The summed E-state index contributed by atoms with van der Waals surface area (Å²) in [4.78, 5) is 15.5. The van der Waals surface area contributed by atoms with Gasteiger partial charge in [-0.25, -0.2) is 18.4 Å². The number of aryl methyl sites for hydroxylation is 1. The van der Waals surface area contributed by atoms with E-state index in [1.165, 1.54) is 0 Å². The summed E-state index contributed by atoms with van der Waals surface area (Å²) < 4.78 is 28.7. The summed E-state index contributed by atoms with van der Waals surface area (Å²) in [6.45, 7) is 3.69. The minimum atomic E-state index is -3.45. The molecular formula is C23H25N5O2S. The van der Waals surface area contributed by atoms with Crippen LogP contribution in [0.4, 0.5) is 11.5 Å². The molecule has 0 bridgehead atoms. The van der Waals surface area contributed by atoms with Crippen LogP contribution in [0.5, 0.6) is 0 Å². The van der Waals surface area contributed by atoms with E-state index in [1.54, 1.807) is 16.7 Å². The molecule has 1 aromatic carbocycles. The highest BCUT2D eigenvalue weighted by molar-refractivity contribution is 7.93. The van der Waals surface area contributed by atoms with Crippen LogP contribution in [0.25, 0.3) is 11.4 Å². The number of benzene rings is 1. The molecule has 0 N–H and O–H groups in total. The predicted molar refractivity (Wildman–Crippen MR) is 122 cm³/mol. The van der Waals surface area contributed by atoms with Gasteiger partial charge >= 0.3 is 0 Å². The lowest BCUT2D eigenvalue weighted by molar-refractivity contribution is 0.527. The smallest absolute Gasteiger partial charge is 0.239 e. The zero-order valence-corrected chi connectivity index (χ0v) is 18.3. The maximum absolute atomic E-state index is 13.5. The monoisotopic (exact) mass is 435 g/mol. The summed E-state index contributed by atoms with van der Waals surface area (Å²) in [6, 6.07) is 13.5. The molecule has 7 nitrogen and oxygen atoms in total. The number of anilines is 2. The second kappa shape index (κ2) is 7.92. The van der Waals surface area contributed by atoms with Crippen molar-refractivity contribution in [3.8, 4) is 11.4 Å². The SMILES string of the molecule is Cc1cc(N2CCCC(S(=O)(=O)N3CCc4ccccc43)C2)nc(-c2ccncc2)n1. The van der Waals surface area contributed by atoms with Crippen LogP contribution in [0, 0.1) is 6.92 Å². The van der Waals surface area contributed by atoms with Gasteiger partial charge in [-0.3, -0.25) is 9.29 Å². The van der Waals surface area contributed by atoms with Gasteiger partial charge in [0.05, 0.1) is 10.9 Å². The van der Waals surface area contributed by atoms with Crippen molar-refractivity contribution in [1.29, 1.82) is 0 Å². The molecule has 2 aromatic heterocycles. The van der Waals surface area contributed by atoms with Crippen molar-refractivity contribution in [3.63, 3.8) is 0 Å². The normalized spacial score (nSPS) is 18.8. The minimum Gasteiger partial charge on any atom is -0.355 e. The van der Waals surface area contributed by atoms with Crippen LogP contribution in [-0.4, -0.2) is 48.3 Å². The molecule has 1 saturated heterocycles. The van der Waals surface area contributed by atoms with Crippen molar-refractivity contribution in [1.82, 2.24) is 15.0 Å². The van der Waals surface area contributed by atoms with Gasteiger partial charge in [0.1, 0.15) is 5.82 Å². The highest BCUT2D eigenvalue weighted by atomic mass is 32.2. The van der Waals surface area contributed by atoms with E-state index in [4.69, 9.17) is 4.98 Å². The number of sulfonamides is 1. The van der Waals surface area contributed by atoms with Crippen LogP contribution >= 0.6 is 0 Å². The molecule has 8 heteroatoms. The first-order valence-electron chi connectivity index (χ1n) is 10.6. The third-order valence-electron chi connectivity index (χ3n) is 6.05. The fourth-order valence-electron chi connectivity index (χ4n) is 4.49. The molecule has 1 fully saturated rings. The van der Waals surface area contributed by atoms with Gasteiger partial charge in [0.15, 0.2) is 5.82 Å². The molecule has 4 heterocycles. The summed E-state index contributed by atoms with van der Waals surface area (Å²) >= 11 is 0. The van der Waals surface area contributed by atoms with E-state index in [2.05, 4.69) is 14.9 Å². The van der Waals surface area contributed by atoms with Gasteiger partial charge in [-0.2, -0.15) is 0 Å². The van der Waals surface area contributed by atoms with Crippen LogP contribution in [-0.2, 0) is 16.4 Å². The number of pyridine rings is 1. The molecule has 0 aliphatic carbocycles. The zero-order chi connectivity index (χ0) is 21.4. The highest BCUT2D eigenvalue weighted by Crippen LogP contribution is 2.34. The first-order valence-corrected chi connectivity index (χ1v) is 12.1. The number of para-hydroxylation sites is 1. The van der Waals surface area contributed by atoms with E-state index in [-0.39, 0.29) is 0 Å². The van der Waals surface area contributed by atoms with Gasteiger partial charge in [0, 0.05) is 49.4 Å². The number of nitrogens with zero attached hydrogens (tertiary/aromatic N) is 5. The summed E-state index contributed by atoms with van der Waals surface area (Å²) in [5.74, 6) is 1.41. The van der Waals surface area contributed by atoms with Gasteiger partial charge in [-0.15, -0.1) is 0 Å². The number of aromatic nitrogens is 3. The molecule has 160 valence electrons. The minimum absolute atomic E-state index is 0.438. The Labute approximate surface area is 182 Å². The first kappa shape index (κ1) is 19.9. The number of rotatable bonds is 4. The number of hydrogen-bond donors (Lipinski definition) is 0. The Morgan fingerprint density at radius 1 is 1.03 bits per heavy atom. The predicted octanol–water partition coefficient (Wildman–Crippen LogP) is 3.21. The van der Waals surface area contributed by atoms with E-state index in [0.29, 0.717) is 25.3 Å². The Hall–Kier alpha value is -3.00. The van der Waals surface area contributed by atoms with Gasteiger partial charge in [-0.05, 0) is 49.9 Å². The second-order valence-corrected chi connectivity index (χ2v) is 10.3. The molecule has 2 aliphatic heterocycles. The molecule has 1 unspecified atom stereocenters. The summed E-state index contributed by atoms with van der Waals surface area (Å²) in [5.41, 5.74) is 3.69. The fraction of sp³-hybridized carbons (Fsp3) is 0.348. The standard InChI is InChI=1S/C23H25N5O2S/c1-17-15-22(26-23(25-17)19-8-11-24-12-9-19)27-13-4-6-20(16-27)31(29,30)28-14-10-18-5-2-3-7-21(18)28/h2-3,5,7-9,11-12,15,20H,4,6,10,13-14,16H2,1H3. The van der Waals surface area contributed by atoms with Crippen molar-refractivity contribution >= 4 is 21.5 Å². The maximum atomic E-state index is 13.5. The molecule has 0 amide bonds. The van der Waals surface area contributed by atoms with Crippen LogP contribution in [0.3, 0.4) is 0 Å². The topological polar surface area (TPSA) is 79.3 Å². The number of piperidine rings is 1. The number of hydrogen-bond acceptors (Lipinski definition) is 6. The van der Waals surface area contributed by atoms with Gasteiger partial charge < -0.3 is 4.90 Å². The second-order valence-electron chi connectivity index (χ2n) is 8.13. The van der Waals surface area contributed by atoms with E-state index in [9.17, 15) is 8.42 Å². The zero-order valence-electron chi connectivity index (χ0n) is 17.5. The molecule has 31 heavy (non-hydrogen) atoms. The molecular weight excluding hydrogens is 410 g/mol. The average molecular weight is 436 g/mol. The van der Waals surface area contributed by atoms with Gasteiger partial charge in [0.25, 0.3) is 0 Å². The third kappa shape index (κ3) is 3.76. The molecule has 0 spiro atoms. The first-order chi connectivity index (χ1) is 15.0. The third-order valence-corrected chi connectivity index (χ3v) is 8.28. The maximum Gasteiger partial charge on any atom is 0.239 e. The molecule has 0 radical (unpaired) electrons. The van der Waals surface area contributed by atoms with Crippen LogP contribution < -0.4 is 9.21 Å². The van der Waals surface area contributed by atoms with E-state index < -0.39 is 15.3 Å². The van der Waals surface area contributed by atoms with E-state index in [1.807, 2.05) is 49.4 Å². The van der Waals surface area contributed by atoms with Crippen molar-refractivity contribution in [2.45, 2.75) is 31.4 Å². The van der Waals surface area contributed by atoms with E-state index >= 15 is 0 Å². The highest BCUT2D eigenvalue weighted by Gasteiger charge is 2.38. The Morgan fingerprint density at radius 2 is 1.84 bits per heavy atom. The summed E-state index contributed by atoms with van der Waals surface area (Å²) in [6.07, 6.45) is 5.69. The lowest BCUT2D eigenvalue weighted by Gasteiger charge is -2.35. The largest absolute Gasteiger partial charge is 0.355 e. The Kier molecular flexibility index (Phi) is 5.09. The van der Waals surface area contributed by atoms with Crippen molar-refractivity contribution in [3.05, 3.63) is 66.1 Å². The van der Waals surface area contributed by atoms with E-state index in [0.717, 1.165) is 47.7 Å². The van der Waals surface area contributed by atoms with Crippen molar-refractivity contribution in [2.24, 2.45) is 0 Å².